The number of nitrogens with one attached hydrogen (secondary N) is 2. The summed E-state index contributed by atoms with van der Waals surface area (Å²) in [6.07, 6.45) is 3.53. The summed E-state index contributed by atoms with van der Waals surface area (Å²) in [6, 6.07) is 18.5. The van der Waals surface area contributed by atoms with Crippen molar-refractivity contribution < 1.29 is 13.2 Å². The molecule has 0 saturated carbocycles. The van der Waals surface area contributed by atoms with E-state index in [2.05, 4.69) is 15.0 Å². The van der Waals surface area contributed by atoms with Gasteiger partial charge in [-0.1, -0.05) is 48.0 Å². The van der Waals surface area contributed by atoms with Crippen LogP contribution in [0.1, 0.15) is 16.7 Å². The van der Waals surface area contributed by atoms with E-state index in [0.29, 0.717) is 6.54 Å². The van der Waals surface area contributed by atoms with Gasteiger partial charge in [0, 0.05) is 18.9 Å². The molecule has 0 radical (unpaired) electrons. The highest BCUT2D eigenvalue weighted by Crippen LogP contribution is 2.12. The minimum atomic E-state index is -3.85. The SMILES string of the molecule is Cc1ccc(S(=O)(=O)N[C@H](Cc2ccccc2)C(=O)NCc2ccncc2)cc1. The highest BCUT2D eigenvalue weighted by Gasteiger charge is 2.26. The molecule has 0 saturated heterocycles. The number of carbonyl (C=O) groups is 1. The fourth-order valence-electron chi connectivity index (χ4n) is 2.82. The normalized spacial score (nSPS) is 12.3. The third-order valence-corrected chi connectivity index (χ3v) is 5.93. The lowest BCUT2D eigenvalue weighted by molar-refractivity contribution is -0.122. The van der Waals surface area contributed by atoms with E-state index in [-0.39, 0.29) is 17.2 Å². The van der Waals surface area contributed by atoms with Gasteiger partial charge in [0.05, 0.1) is 4.90 Å². The fraction of sp³-hybridized carbons (Fsp3) is 0.182. The molecule has 1 aromatic heterocycles. The predicted molar refractivity (Wildman–Crippen MR) is 112 cm³/mol. The molecule has 0 bridgehead atoms. The monoisotopic (exact) mass is 409 g/mol. The van der Waals surface area contributed by atoms with Crippen molar-refractivity contribution in [1.82, 2.24) is 15.0 Å². The number of hydrogen-bond acceptors (Lipinski definition) is 4. The van der Waals surface area contributed by atoms with Crippen molar-refractivity contribution in [2.24, 2.45) is 0 Å². The third kappa shape index (κ3) is 5.97. The van der Waals surface area contributed by atoms with Crippen molar-refractivity contribution in [2.45, 2.75) is 30.8 Å². The Balaban J connectivity index is 1.78. The van der Waals surface area contributed by atoms with Gasteiger partial charge in [0.25, 0.3) is 0 Å². The van der Waals surface area contributed by atoms with E-state index >= 15 is 0 Å². The summed E-state index contributed by atoms with van der Waals surface area (Å²) >= 11 is 0. The Morgan fingerprint density at radius 1 is 0.931 bits per heavy atom. The summed E-state index contributed by atoms with van der Waals surface area (Å²) < 4.78 is 28.2. The maximum absolute atomic E-state index is 12.8. The molecule has 1 heterocycles. The highest BCUT2D eigenvalue weighted by molar-refractivity contribution is 7.89. The Kier molecular flexibility index (Phi) is 6.74. The van der Waals surface area contributed by atoms with Crippen molar-refractivity contribution in [3.63, 3.8) is 0 Å². The van der Waals surface area contributed by atoms with Crippen LogP contribution in [0, 0.1) is 6.92 Å². The summed E-state index contributed by atoms with van der Waals surface area (Å²) in [4.78, 5) is 16.9. The van der Waals surface area contributed by atoms with Crippen molar-refractivity contribution in [2.75, 3.05) is 0 Å². The first-order valence-electron chi connectivity index (χ1n) is 9.23. The van der Waals surface area contributed by atoms with Crippen LogP contribution in [-0.2, 0) is 27.8 Å². The molecule has 0 aliphatic carbocycles. The fourth-order valence-corrected chi connectivity index (χ4v) is 4.02. The van der Waals surface area contributed by atoms with Crippen molar-refractivity contribution in [3.8, 4) is 0 Å². The molecular formula is C22H23N3O3S. The quantitative estimate of drug-likeness (QED) is 0.599. The number of benzene rings is 2. The van der Waals surface area contributed by atoms with Crippen LogP contribution >= 0.6 is 0 Å². The zero-order chi connectivity index (χ0) is 20.7. The number of amides is 1. The number of aryl methyl sites for hydroxylation is 1. The number of nitrogens with zero attached hydrogens (tertiary/aromatic N) is 1. The molecular weight excluding hydrogens is 386 g/mol. The van der Waals surface area contributed by atoms with E-state index in [1.165, 1.54) is 12.1 Å². The minimum absolute atomic E-state index is 0.128. The van der Waals surface area contributed by atoms with E-state index in [4.69, 9.17) is 0 Å². The molecule has 3 aromatic rings. The predicted octanol–water partition coefficient (Wildman–Crippen LogP) is 2.60. The molecule has 0 aliphatic rings. The molecule has 6 nitrogen and oxygen atoms in total. The average molecular weight is 410 g/mol. The first kappa shape index (κ1) is 20.7. The van der Waals surface area contributed by atoms with E-state index < -0.39 is 16.1 Å². The van der Waals surface area contributed by atoms with Gasteiger partial charge in [-0.25, -0.2) is 8.42 Å². The number of rotatable bonds is 8. The molecule has 0 spiro atoms. The van der Waals surface area contributed by atoms with E-state index in [1.54, 1.807) is 36.7 Å². The lowest BCUT2D eigenvalue weighted by Gasteiger charge is -2.19. The van der Waals surface area contributed by atoms with Gasteiger partial charge in [0.2, 0.25) is 15.9 Å². The summed E-state index contributed by atoms with van der Waals surface area (Å²) in [6.45, 7) is 2.17. The lowest BCUT2D eigenvalue weighted by atomic mass is 10.1. The van der Waals surface area contributed by atoms with E-state index in [0.717, 1.165) is 16.7 Å². The smallest absolute Gasteiger partial charge is 0.241 e. The third-order valence-electron chi connectivity index (χ3n) is 4.44. The van der Waals surface area contributed by atoms with Gasteiger partial charge < -0.3 is 5.32 Å². The van der Waals surface area contributed by atoms with Gasteiger partial charge in [0.1, 0.15) is 6.04 Å². The van der Waals surface area contributed by atoms with Crippen molar-refractivity contribution in [3.05, 3.63) is 95.8 Å². The largest absolute Gasteiger partial charge is 0.351 e. The number of hydrogen-bond donors (Lipinski definition) is 2. The summed E-state index contributed by atoms with van der Waals surface area (Å²) in [7, 11) is -3.85. The van der Waals surface area contributed by atoms with Crippen LogP contribution in [0.4, 0.5) is 0 Å². The van der Waals surface area contributed by atoms with Gasteiger partial charge in [-0.2, -0.15) is 4.72 Å². The van der Waals surface area contributed by atoms with Crippen LogP contribution in [0.15, 0.2) is 84.0 Å². The summed E-state index contributed by atoms with van der Waals surface area (Å²) in [5.74, 6) is -0.388. The van der Waals surface area contributed by atoms with Gasteiger partial charge in [-0.15, -0.1) is 0 Å². The summed E-state index contributed by atoms with van der Waals surface area (Å²) in [5, 5.41) is 2.81. The van der Waals surface area contributed by atoms with Gasteiger partial charge in [-0.05, 0) is 48.7 Å². The van der Waals surface area contributed by atoms with Gasteiger partial charge in [-0.3, -0.25) is 9.78 Å². The minimum Gasteiger partial charge on any atom is -0.351 e. The molecule has 1 atom stereocenters. The maximum atomic E-state index is 12.8. The highest BCUT2D eigenvalue weighted by atomic mass is 32.2. The average Bonchev–Trinajstić information content (AvgIpc) is 2.73. The molecule has 2 N–H and O–H groups in total. The standard InChI is InChI=1S/C22H23N3O3S/c1-17-7-9-20(10-8-17)29(27,28)25-21(15-18-5-3-2-4-6-18)22(26)24-16-19-11-13-23-14-12-19/h2-14,21,25H,15-16H2,1H3,(H,24,26)/t21-/m1/s1. The first-order chi connectivity index (χ1) is 13.9. The zero-order valence-electron chi connectivity index (χ0n) is 16.1. The summed E-state index contributed by atoms with van der Waals surface area (Å²) in [5.41, 5.74) is 2.70. The molecule has 29 heavy (non-hydrogen) atoms. The Morgan fingerprint density at radius 3 is 2.24 bits per heavy atom. The Hall–Kier alpha value is -3.03. The van der Waals surface area contributed by atoms with Crippen LogP contribution in [0.5, 0.6) is 0 Å². The molecule has 0 aliphatic heterocycles. The van der Waals surface area contributed by atoms with E-state index in [1.807, 2.05) is 37.3 Å². The van der Waals surface area contributed by atoms with E-state index in [9.17, 15) is 13.2 Å². The lowest BCUT2D eigenvalue weighted by Crippen LogP contribution is -2.47. The number of carbonyl (C=O) groups excluding carboxylic acids is 1. The second-order valence-corrected chi connectivity index (χ2v) is 8.46. The zero-order valence-corrected chi connectivity index (χ0v) is 16.9. The Labute approximate surface area is 171 Å². The second-order valence-electron chi connectivity index (χ2n) is 6.75. The molecule has 3 rings (SSSR count). The number of aromatic nitrogens is 1. The van der Waals surface area contributed by atoms with Crippen LogP contribution in [0.2, 0.25) is 0 Å². The van der Waals surface area contributed by atoms with Crippen LogP contribution in [-0.4, -0.2) is 25.4 Å². The van der Waals surface area contributed by atoms with Crippen molar-refractivity contribution in [1.29, 1.82) is 0 Å². The number of pyridine rings is 1. The maximum Gasteiger partial charge on any atom is 0.241 e. The van der Waals surface area contributed by atoms with Crippen molar-refractivity contribution >= 4 is 15.9 Å². The second kappa shape index (κ2) is 9.45. The Bertz CT molecular complexity index is 1040. The molecule has 150 valence electrons. The first-order valence-corrected chi connectivity index (χ1v) is 10.7. The number of sulfonamides is 1. The van der Waals surface area contributed by atoms with Crippen LogP contribution in [0.25, 0.3) is 0 Å². The van der Waals surface area contributed by atoms with Gasteiger partial charge in [0.15, 0.2) is 0 Å². The molecule has 1 amide bonds. The van der Waals surface area contributed by atoms with Crippen LogP contribution in [0.3, 0.4) is 0 Å². The molecule has 0 unspecified atom stereocenters. The molecule has 7 heteroatoms. The van der Waals surface area contributed by atoms with Gasteiger partial charge >= 0.3 is 0 Å². The Morgan fingerprint density at radius 2 is 1.59 bits per heavy atom. The molecule has 0 fully saturated rings. The molecule has 2 aromatic carbocycles. The topological polar surface area (TPSA) is 88.2 Å². The van der Waals surface area contributed by atoms with Crippen LogP contribution < -0.4 is 10.0 Å².